The van der Waals surface area contributed by atoms with Crippen molar-refractivity contribution in [1.82, 2.24) is 0 Å². The maximum atomic E-state index is 11.6. The first-order valence-corrected chi connectivity index (χ1v) is 28.2. The Morgan fingerprint density at radius 3 is 1.05 bits per heavy atom. The molecule has 0 bridgehead atoms. The van der Waals surface area contributed by atoms with E-state index < -0.39 is 5.97 Å². The molecule has 2 atom stereocenters. The van der Waals surface area contributed by atoms with Crippen molar-refractivity contribution in [3.63, 3.8) is 0 Å². The van der Waals surface area contributed by atoms with Gasteiger partial charge in [0.1, 0.15) is 0 Å². The van der Waals surface area contributed by atoms with E-state index in [1.807, 2.05) is 36.4 Å². The van der Waals surface area contributed by atoms with Crippen LogP contribution in [0.5, 0.6) is 0 Å². The zero-order chi connectivity index (χ0) is 58.2. The molecule has 6 aromatic rings. The number of aliphatic hydroxyl groups is 2. The van der Waals surface area contributed by atoms with Gasteiger partial charge in [-0.2, -0.15) is 0 Å². The van der Waals surface area contributed by atoms with Crippen molar-refractivity contribution in [3.05, 3.63) is 188 Å². The molecule has 2 unspecified atom stereocenters. The molecule has 0 aromatic heterocycles. The molecule has 6 rings (SSSR count). The molecule has 0 spiro atoms. The second-order valence-corrected chi connectivity index (χ2v) is 23.7. The Morgan fingerprint density at radius 1 is 0.487 bits per heavy atom. The molecule has 0 saturated heterocycles. The van der Waals surface area contributed by atoms with E-state index in [4.69, 9.17) is 15.1 Å². The number of carboxylic acids is 1. The van der Waals surface area contributed by atoms with Crippen molar-refractivity contribution in [3.8, 4) is 22.3 Å². The fourth-order valence-electron chi connectivity index (χ4n) is 11.1. The average molecular weight is 1100 g/mol. The van der Waals surface area contributed by atoms with Gasteiger partial charge < -0.3 is 25.5 Å². The fourth-order valence-corrected chi connectivity index (χ4v) is 11.1. The number of hydrogen-bond donors (Lipinski definition) is 4. The molecular formula is C70H95NaO9. The van der Waals surface area contributed by atoms with E-state index in [9.17, 15) is 19.8 Å². The molecule has 0 fully saturated rings. The molecule has 0 radical (unpaired) electrons. The van der Waals surface area contributed by atoms with Gasteiger partial charge in [0.2, 0.25) is 0 Å². The molecule has 0 aliphatic carbocycles. The summed E-state index contributed by atoms with van der Waals surface area (Å²) in [6.45, 7) is 30.4. The van der Waals surface area contributed by atoms with Crippen LogP contribution in [0.25, 0.3) is 22.3 Å². The fraction of sp³-hybridized carbons (Fsp3) is 0.457. The molecule has 0 heterocycles. The standard InChI is InChI=1S/C35H46O3.C34H44O3.CH4O2.Na.H2O/c1-9-35(10-2,29-17-15-27(24(3)21-29)16-20-32(36)34(5,6)7)30-18-19-31(25(4)22-30)28-13-11-26(12-14-28)23-33(37)38-8;1-8-34(9-2,28-16-14-26(23(3)20-28)15-19-31(35)33(5,6)7)29-17-18-30(24(4)21-29)27-12-10-25(11-13-27)22-32(36)37;1-3-2;;/h11-15,17-19,21-22,32,36H,9-10,16,20,23H2,1-8H3;10-14,16-18,20-21,31,35H,8-9,15,19,22H2,1-7H3,(H,36,37);2H,1H3;;1H2/q;;;+1;/p-1. The van der Waals surface area contributed by atoms with E-state index in [1.165, 1.54) is 81.0 Å². The van der Waals surface area contributed by atoms with Crippen LogP contribution >= 0.6 is 0 Å². The van der Waals surface area contributed by atoms with Gasteiger partial charge >= 0.3 is 41.5 Å². The van der Waals surface area contributed by atoms with Gasteiger partial charge in [0.15, 0.2) is 0 Å². The van der Waals surface area contributed by atoms with Crippen molar-refractivity contribution in [1.29, 1.82) is 0 Å². The van der Waals surface area contributed by atoms with Crippen LogP contribution < -0.4 is 29.6 Å². The summed E-state index contributed by atoms with van der Waals surface area (Å²) < 4.78 is 4.79. The van der Waals surface area contributed by atoms with Gasteiger partial charge in [0.25, 0.3) is 0 Å². The minimum Gasteiger partial charge on any atom is -0.870 e. The monoisotopic (exact) mass is 1100 g/mol. The minimum atomic E-state index is -0.811. The van der Waals surface area contributed by atoms with E-state index in [0.717, 1.165) is 73.6 Å². The van der Waals surface area contributed by atoms with Gasteiger partial charge in [0, 0.05) is 10.8 Å². The molecule has 0 amide bonds. The molecule has 5 N–H and O–H groups in total. The average Bonchev–Trinajstić information content (AvgIpc) is 3.39. The summed E-state index contributed by atoms with van der Waals surface area (Å²) in [6.07, 6.45) is 7.10. The molecule has 430 valence electrons. The third-order valence-electron chi connectivity index (χ3n) is 16.6. The van der Waals surface area contributed by atoms with Crippen LogP contribution in [0.2, 0.25) is 0 Å². The number of aliphatic carboxylic acids is 1. The first-order chi connectivity index (χ1) is 36.8. The number of methoxy groups -OCH3 is 1. The predicted octanol–water partition coefficient (Wildman–Crippen LogP) is 13.1. The van der Waals surface area contributed by atoms with E-state index in [2.05, 4.69) is 187 Å². The number of hydrogen-bond acceptors (Lipinski definition) is 8. The normalized spacial score (nSPS) is 12.3. The number of aliphatic hydroxyl groups excluding tert-OH is 2. The summed E-state index contributed by atoms with van der Waals surface area (Å²) in [5.74, 6) is -1.03. The number of rotatable bonds is 20. The van der Waals surface area contributed by atoms with Gasteiger partial charge in [-0.05, 0) is 179 Å². The Labute approximate surface area is 503 Å². The molecule has 9 nitrogen and oxygen atoms in total. The summed E-state index contributed by atoms with van der Waals surface area (Å²) in [5, 5.41) is 37.1. The summed E-state index contributed by atoms with van der Waals surface area (Å²) in [5.41, 5.74) is 19.2. The van der Waals surface area contributed by atoms with Crippen LogP contribution in [0.3, 0.4) is 0 Å². The van der Waals surface area contributed by atoms with Crippen LogP contribution in [0.4, 0.5) is 0 Å². The zero-order valence-corrected chi connectivity index (χ0v) is 53.6. The Balaban J connectivity index is 0.000000509. The number of aryl methyl sites for hydroxylation is 6. The van der Waals surface area contributed by atoms with Gasteiger partial charge in [-0.25, -0.2) is 4.89 Å². The van der Waals surface area contributed by atoms with Crippen LogP contribution in [0, 0.1) is 38.5 Å². The zero-order valence-electron chi connectivity index (χ0n) is 51.6. The SMILES string of the molecule is CCC(CC)(c1ccc(CCC(O)C(C)(C)C)c(C)c1)c1ccc(-c2ccc(CC(=O)O)cc2)c(C)c1.CCC(CC)(c1ccc(CCC(O)C(C)(C)C)c(C)c1)c1ccc(-c2ccc(CC(=O)OC)cc2)c(C)c1.COO.[Na+].[OH-]. The summed E-state index contributed by atoms with van der Waals surface area (Å²) in [6, 6.07) is 43.6. The first-order valence-electron chi connectivity index (χ1n) is 28.2. The smallest absolute Gasteiger partial charge is 0.870 e. The third-order valence-corrected chi connectivity index (χ3v) is 16.6. The van der Waals surface area contributed by atoms with Crippen LogP contribution in [-0.4, -0.2) is 64.4 Å². The molecule has 6 aromatic carbocycles. The summed E-state index contributed by atoms with van der Waals surface area (Å²) in [4.78, 5) is 25.9. The van der Waals surface area contributed by atoms with Crippen molar-refractivity contribution in [2.45, 2.75) is 184 Å². The minimum absolute atomic E-state index is 0. The number of ether oxygens (including phenoxy) is 1. The first kappa shape index (κ1) is 71.2. The second kappa shape index (κ2) is 32.0. The Morgan fingerprint density at radius 2 is 0.787 bits per heavy atom. The summed E-state index contributed by atoms with van der Waals surface area (Å²) in [7, 11) is 2.60. The van der Waals surface area contributed by atoms with Gasteiger partial charge in [0.05, 0.1) is 39.3 Å². The van der Waals surface area contributed by atoms with Crippen molar-refractivity contribution < 1.29 is 74.8 Å². The Bertz CT molecular complexity index is 2860. The summed E-state index contributed by atoms with van der Waals surface area (Å²) >= 11 is 0. The maximum absolute atomic E-state index is 11.6. The maximum Gasteiger partial charge on any atom is 1.00 e. The Kier molecular flexibility index (Phi) is 28.5. The molecular weight excluding hydrogens is 1010 g/mol. The molecule has 0 saturated carbocycles. The number of carbonyl (C=O) groups is 2. The molecule has 80 heavy (non-hydrogen) atoms. The van der Waals surface area contributed by atoms with Gasteiger partial charge in [-0.1, -0.05) is 191 Å². The predicted molar refractivity (Wildman–Crippen MR) is 325 cm³/mol. The van der Waals surface area contributed by atoms with E-state index in [1.54, 1.807) is 0 Å². The number of carboxylic acid groups (broad SMARTS) is 1. The Hall–Kier alpha value is -4.94. The molecule has 0 aliphatic heterocycles. The topological polar surface area (TPSA) is 164 Å². The van der Waals surface area contributed by atoms with Crippen LogP contribution in [-0.2, 0) is 55.7 Å². The van der Waals surface area contributed by atoms with E-state index >= 15 is 0 Å². The third kappa shape index (κ3) is 18.5. The number of benzene rings is 6. The van der Waals surface area contributed by atoms with E-state index in [0.29, 0.717) is 6.42 Å². The van der Waals surface area contributed by atoms with Gasteiger partial charge in [-0.3, -0.25) is 14.8 Å². The largest absolute Gasteiger partial charge is 1.00 e. The van der Waals surface area contributed by atoms with Crippen molar-refractivity contribution in [2.24, 2.45) is 10.8 Å². The second-order valence-electron chi connectivity index (χ2n) is 23.7. The van der Waals surface area contributed by atoms with E-state index in [-0.39, 0.29) is 81.3 Å². The molecule has 10 heteroatoms. The van der Waals surface area contributed by atoms with Crippen LogP contribution in [0.15, 0.2) is 121 Å². The van der Waals surface area contributed by atoms with Crippen molar-refractivity contribution in [2.75, 3.05) is 14.2 Å². The van der Waals surface area contributed by atoms with Crippen molar-refractivity contribution >= 4 is 11.9 Å². The quantitative estimate of drug-likeness (QED) is 0.0252. The molecule has 0 aliphatic rings. The number of carbonyl (C=O) groups excluding carboxylic acids is 1. The van der Waals surface area contributed by atoms with Crippen LogP contribution in [0.1, 0.15) is 175 Å². The number of esters is 1. The van der Waals surface area contributed by atoms with Gasteiger partial charge in [-0.15, -0.1) is 0 Å².